The minimum atomic E-state index is 0.754. The summed E-state index contributed by atoms with van der Waals surface area (Å²) < 4.78 is 3.76. The van der Waals surface area contributed by atoms with Crippen LogP contribution in [-0.2, 0) is 4.79 Å². The van der Waals surface area contributed by atoms with E-state index in [0.717, 1.165) is 25.3 Å². The summed E-state index contributed by atoms with van der Waals surface area (Å²) in [6.07, 6.45) is 8.92. The van der Waals surface area contributed by atoms with Gasteiger partial charge in [-0.15, -0.1) is 0 Å². The van der Waals surface area contributed by atoms with Crippen molar-refractivity contribution in [3.8, 4) is 0 Å². The average molecular weight is 256 g/mol. The van der Waals surface area contributed by atoms with E-state index in [2.05, 4.69) is 23.5 Å². The highest BCUT2D eigenvalue weighted by molar-refractivity contribution is 7.03. The Hall–Kier alpha value is -0.900. The number of hydrogen-bond donors (Lipinski definition) is 1. The third-order valence-electron chi connectivity index (χ3n) is 2.51. The summed E-state index contributed by atoms with van der Waals surface area (Å²) in [4.78, 5) is 9.94. The van der Waals surface area contributed by atoms with Crippen molar-refractivity contribution in [2.45, 2.75) is 46.0 Å². The molecule has 1 aromatic heterocycles. The summed E-state index contributed by atoms with van der Waals surface area (Å²) in [5, 5.41) is 4.62. The lowest BCUT2D eigenvalue weighted by molar-refractivity contribution is -0.109. The lowest BCUT2D eigenvalue weighted by Gasteiger charge is -2.09. The molecule has 0 saturated heterocycles. The maximum absolute atomic E-state index is 9.94. The Kier molecular flexibility index (Phi) is 12.5. The van der Waals surface area contributed by atoms with Crippen LogP contribution in [0.2, 0.25) is 0 Å². The summed E-state index contributed by atoms with van der Waals surface area (Å²) >= 11 is 1.46. The Bertz CT molecular complexity index is 222. The fraction of sp³-hybridized carbons (Fsp3) is 0.692. The molecular weight excluding hydrogens is 232 g/mol. The monoisotopic (exact) mass is 256 g/mol. The smallest absolute Gasteiger partial charge is 0.207 e. The van der Waals surface area contributed by atoms with Crippen LogP contribution in [0, 0.1) is 5.92 Å². The van der Waals surface area contributed by atoms with E-state index in [0.29, 0.717) is 0 Å². The first kappa shape index (κ1) is 16.1. The van der Waals surface area contributed by atoms with Gasteiger partial charge < -0.3 is 5.32 Å². The number of carbonyl (C=O) groups is 1. The van der Waals surface area contributed by atoms with Crippen LogP contribution in [0.3, 0.4) is 0 Å². The molecular formula is C13H24N2OS. The van der Waals surface area contributed by atoms with Crippen LogP contribution in [0.25, 0.3) is 0 Å². The highest BCUT2D eigenvalue weighted by atomic mass is 32.1. The fourth-order valence-corrected chi connectivity index (χ4v) is 1.80. The van der Waals surface area contributed by atoms with Gasteiger partial charge in [-0.25, -0.2) is 4.37 Å². The van der Waals surface area contributed by atoms with Gasteiger partial charge in [0.15, 0.2) is 0 Å². The Morgan fingerprint density at radius 2 is 2.24 bits per heavy atom. The molecule has 0 spiro atoms. The van der Waals surface area contributed by atoms with Crippen molar-refractivity contribution < 1.29 is 4.79 Å². The maximum atomic E-state index is 9.94. The van der Waals surface area contributed by atoms with Gasteiger partial charge in [0.25, 0.3) is 0 Å². The number of unbranched alkanes of at least 4 members (excludes halogenated alkanes) is 2. The van der Waals surface area contributed by atoms with Gasteiger partial charge in [-0.05, 0) is 29.9 Å². The summed E-state index contributed by atoms with van der Waals surface area (Å²) in [5.41, 5.74) is 0. The van der Waals surface area contributed by atoms with Crippen LogP contribution < -0.4 is 5.32 Å². The lowest BCUT2D eigenvalue weighted by atomic mass is 10.0. The normalized spacial score (nSPS) is 11.2. The number of nitrogens with one attached hydrogen (secondary N) is 1. The van der Waals surface area contributed by atoms with E-state index in [9.17, 15) is 4.79 Å². The number of hydrogen-bond acceptors (Lipinski definition) is 3. The predicted octanol–water partition coefficient (Wildman–Crippen LogP) is 3.48. The lowest BCUT2D eigenvalue weighted by Crippen LogP contribution is -2.14. The van der Waals surface area contributed by atoms with Crippen LogP contribution in [0.5, 0.6) is 0 Å². The Labute approximate surface area is 109 Å². The van der Waals surface area contributed by atoms with Gasteiger partial charge in [0.05, 0.1) is 0 Å². The quantitative estimate of drug-likeness (QED) is 0.571. The molecule has 0 aliphatic heterocycles. The van der Waals surface area contributed by atoms with E-state index in [1.807, 2.05) is 11.4 Å². The molecule has 1 rings (SSSR count). The van der Waals surface area contributed by atoms with Gasteiger partial charge in [-0.2, -0.15) is 0 Å². The van der Waals surface area contributed by atoms with E-state index in [1.165, 1.54) is 37.2 Å². The Morgan fingerprint density at radius 3 is 2.71 bits per heavy atom. The fourth-order valence-electron chi connectivity index (χ4n) is 1.45. The van der Waals surface area contributed by atoms with Gasteiger partial charge >= 0.3 is 0 Å². The molecule has 0 aromatic carbocycles. The van der Waals surface area contributed by atoms with E-state index in [1.54, 1.807) is 6.20 Å². The van der Waals surface area contributed by atoms with Gasteiger partial charge in [-0.3, -0.25) is 4.79 Å². The second kappa shape index (κ2) is 13.2. The first-order valence-corrected chi connectivity index (χ1v) is 7.16. The SMILES string of the molecule is CCCCCC(C)CCNC=O.c1cnsc1. The van der Waals surface area contributed by atoms with Crippen LogP contribution in [0.1, 0.15) is 46.0 Å². The average Bonchev–Trinajstić information content (AvgIpc) is 2.88. The molecule has 17 heavy (non-hydrogen) atoms. The van der Waals surface area contributed by atoms with E-state index in [4.69, 9.17) is 0 Å². The molecule has 0 bridgehead atoms. The number of rotatable bonds is 8. The molecule has 1 heterocycles. The van der Waals surface area contributed by atoms with Crippen LogP contribution in [0.15, 0.2) is 17.6 Å². The summed E-state index contributed by atoms with van der Waals surface area (Å²) in [6.45, 7) is 5.30. The van der Waals surface area contributed by atoms with Gasteiger partial charge in [0.2, 0.25) is 6.41 Å². The van der Waals surface area contributed by atoms with Crippen molar-refractivity contribution in [3.63, 3.8) is 0 Å². The van der Waals surface area contributed by atoms with Crippen LogP contribution >= 0.6 is 11.5 Å². The van der Waals surface area contributed by atoms with Gasteiger partial charge in [0, 0.05) is 18.1 Å². The standard InChI is InChI=1S/C10H21NO.C3H3NS/c1-3-4-5-6-10(2)7-8-11-9-12;1-2-4-5-3-1/h9-10H,3-8H2,1-2H3,(H,11,12);1-3H. The molecule has 0 radical (unpaired) electrons. The summed E-state index contributed by atoms with van der Waals surface area (Å²) in [5.74, 6) is 0.754. The van der Waals surface area contributed by atoms with Crippen molar-refractivity contribution in [2.75, 3.05) is 6.54 Å². The van der Waals surface area contributed by atoms with Gasteiger partial charge in [-0.1, -0.05) is 39.5 Å². The number of carbonyl (C=O) groups excluding carboxylic acids is 1. The van der Waals surface area contributed by atoms with Crippen LogP contribution in [0.4, 0.5) is 0 Å². The summed E-state index contributed by atoms with van der Waals surface area (Å²) in [7, 11) is 0. The molecule has 1 amide bonds. The Balaban J connectivity index is 0.000000419. The van der Waals surface area contributed by atoms with Gasteiger partial charge in [0.1, 0.15) is 0 Å². The van der Waals surface area contributed by atoms with Crippen molar-refractivity contribution >= 4 is 17.9 Å². The highest BCUT2D eigenvalue weighted by Gasteiger charge is 2.00. The van der Waals surface area contributed by atoms with Crippen molar-refractivity contribution in [1.82, 2.24) is 9.69 Å². The zero-order chi connectivity index (χ0) is 12.8. The van der Waals surface area contributed by atoms with E-state index >= 15 is 0 Å². The van der Waals surface area contributed by atoms with Crippen molar-refractivity contribution in [3.05, 3.63) is 17.6 Å². The maximum Gasteiger partial charge on any atom is 0.207 e. The molecule has 1 N–H and O–H groups in total. The molecule has 1 atom stereocenters. The first-order valence-electron chi connectivity index (χ1n) is 6.32. The second-order valence-electron chi connectivity index (χ2n) is 4.15. The number of aromatic nitrogens is 1. The highest BCUT2D eigenvalue weighted by Crippen LogP contribution is 2.11. The topological polar surface area (TPSA) is 42.0 Å². The number of nitrogens with zero attached hydrogens (tertiary/aromatic N) is 1. The van der Waals surface area contributed by atoms with Crippen molar-refractivity contribution in [1.29, 1.82) is 0 Å². The zero-order valence-corrected chi connectivity index (χ0v) is 11.7. The predicted molar refractivity (Wildman–Crippen MR) is 74.1 cm³/mol. The second-order valence-corrected chi connectivity index (χ2v) is 4.84. The zero-order valence-electron chi connectivity index (χ0n) is 10.9. The molecule has 0 aliphatic carbocycles. The third-order valence-corrected chi connectivity index (χ3v) is 3.03. The number of amides is 1. The molecule has 1 aromatic rings. The molecule has 0 fully saturated rings. The molecule has 4 heteroatoms. The summed E-state index contributed by atoms with van der Waals surface area (Å²) in [6, 6.07) is 1.91. The minimum absolute atomic E-state index is 0.754. The van der Waals surface area contributed by atoms with E-state index in [-0.39, 0.29) is 0 Å². The molecule has 98 valence electrons. The Morgan fingerprint density at radius 1 is 1.41 bits per heavy atom. The molecule has 1 unspecified atom stereocenters. The first-order chi connectivity index (χ1) is 8.31. The largest absolute Gasteiger partial charge is 0.359 e. The molecule has 0 saturated carbocycles. The van der Waals surface area contributed by atoms with Crippen molar-refractivity contribution in [2.24, 2.45) is 5.92 Å². The molecule has 3 nitrogen and oxygen atoms in total. The van der Waals surface area contributed by atoms with E-state index < -0.39 is 0 Å². The van der Waals surface area contributed by atoms with Crippen LogP contribution in [-0.4, -0.2) is 17.3 Å². The molecule has 0 aliphatic rings. The minimum Gasteiger partial charge on any atom is -0.359 e. The third kappa shape index (κ3) is 13.0.